The number of alkyl halides is 3. The Bertz CT molecular complexity index is 835. The summed E-state index contributed by atoms with van der Waals surface area (Å²) in [5.74, 6) is 0.111. The maximum absolute atomic E-state index is 12.5. The largest absolute Gasteiger partial charge is 0.497 e. The van der Waals surface area contributed by atoms with Gasteiger partial charge in [-0.15, -0.1) is 0 Å². The molecule has 0 saturated heterocycles. The monoisotopic (exact) mass is 429 g/mol. The lowest BCUT2D eigenvalue weighted by molar-refractivity contribution is -0.213. The smallest absolute Gasteiger partial charge is 0.414 e. The third-order valence-corrected chi connectivity index (χ3v) is 4.40. The third-order valence-electron chi connectivity index (χ3n) is 4.40. The van der Waals surface area contributed by atoms with E-state index in [9.17, 15) is 18.0 Å². The first-order valence-corrected chi connectivity index (χ1v) is 9.47. The quantitative estimate of drug-likeness (QED) is 0.457. The van der Waals surface area contributed by atoms with Crippen molar-refractivity contribution in [2.24, 2.45) is 0 Å². The van der Waals surface area contributed by atoms with E-state index in [2.05, 4.69) is 10.4 Å². The van der Waals surface area contributed by atoms with Gasteiger partial charge < -0.3 is 19.5 Å². The number of esters is 1. The summed E-state index contributed by atoms with van der Waals surface area (Å²) < 4.78 is 54.3. The predicted octanol–water partition coefficient (Wildman–Crippen LogP) is 3.80. The summed E-state index contributed by atoms with van der Waals surface area (Å²) in [6.45, 7) is 4.84. The molecule has 0 radical (unpaired) electrons. The summed E-state index contributed by atoms with van der Waals surface area (Å²) >= 11 is 0. The number of carbonyl (C=O) groups excluding carboxylic acids is 1. The maximum atomic E-state index is 12.5. The number of nitrogens with one attached hydrogen (secondary N) is 1. The Morgan fingerprint density at radius 1 is 1.27 bits per heavy atom. The van der Waals surface area contributed by atoms with E-state index in [4.69, 9.17) is 14.2 Å². The first-order chi connectivity index (χ1) is 14.2. The highest BCUT2D eigenvalue weighted by Gasteiger charge is 2.36. The van der Waals surface area contributed by atoms with Gasteiger partial charge in [-0.2, -0.15) is 18.3 Å². The summed E-state index contributed by atoms with van der Waals surface area (Å²) in [6.07, 6.45) is -6.29. The van der Waals surface area contributed by atoms with Crippen molar-refractivity contribution in [2.45, 2.75) is 39.6 Å². The molecule has 1 N–H and O–H groups in total. The molecule has 10 heteroatoms. The molecule has 0 aliphatic rings. The Hall–Kier alpha value is -2.75. The van der Waals surface area contributed by atoms with Crippen LogP contribution in [0.5, 0.6) is 5.75 Å². The number of benzene rings is 1. The maximum Gasteiger partial charge on any atom is 0.414 e. The molecule has 0 bridgehead atoms. The number of hydrogen-bond acceptors (Lipinski definition) is 6. The van der Waals surface area contributed by atoms with Crippen molar-refractivity contribution >= 4 is 11.7 Å². The van der Waals surface area contributed by atoms with Crippen molar-refractivity contribution in [3.05, 3.63) is 41.2 Å². The number of ether oxygens (including phenoxy) is 3. The highest BCUT2D eigenvalue weighted by molar-refractivity contribution is 5.94. The molecule has 1 unspecified atom stereocenters. The highest BCUT2D eigenvalue weighted by Crippen LogP contribution is 2.24. The number of carbonyl (C=O) groups is 1. The van der Waals surface area contributed by atoms with Gasteiger partial charge in [-0.1, -0.05) is 12.1 Å². The van der Waals surface area contributed by atoms with E-state index < -0.39 is 18.2 Å². The van der Waals surface area contributed by atoms with Crippen LogP contribution in [0.25, 0.3) is 0 Å². The van der Waals surface area contributed by atoms with E-state index in [1.165, 1.54) is 0 Å². The lowest BCUT2D eigenvalue weighted by Gasteiger charge is -2.16. The molecule has 1 atom stereocenters. The van der Waals surface area contributed by atoms with Crippen LogP contribution in [0.1, 0.15) is 35.6 Å². The first kappa shape index (κ1) is 23.5. The minimum Gasteiger partial charge on any atom is -0.497 e. The molecular weight excluding hydrogens is 403 g/mol. The molecule has 166 valence electrons. The van der Waals surface area contributed by atoms with Gasteiger partial charge in [-0.3, -0.25) is 4.68 Å². The average Bonchev–Trinajstić information content (AvgIpc) is 3.01. The average molecular weight is 429 g/mol. The number of aromatic nitrogens is 2. The van der Waals surface area contributed by atoms with Gasteiger partial charge in [-0.05, 0) is 38.5 Å². The summed E-state index contributed by atoms with van der Waals surface area (Å²) in [6, 6.07) is 7.39. The van der Waals surface area contributed by atoms with Gasteiger partial charge in [0, 0.05) is 6.54 Å². The molecule has 1 aromatic carbocycles. The van der Waals surface area contributed by atoms with Crippen LogP contribution in [0.15, 0.2) is 24.3 Å². The van der Waals surface area contributed by atoms with Gasteiger partial charge in [-0.25, -0.2) is 4.79 Å². The van der Waals surface area contributed by atoms with E-state index in [0.717, 1.165) is 18.2 Å². The van der Waals surface area contributed by atoms with Gasteiger partial charge in [0.25, 0.3) is 0 Å². The molecule has 0 aliphatic heterocycles. The molecule has 30 heavy (non-hydrogen) atoms. The van der Waals surface area contributed by atoms with Crippen LogP contribution < -0.4 is 10.1 Å². The fraction of sp³-hybridized carbons (Fsp3) is 0.500. The van der Waals surface area contributed by atoms with Gasteiger partial charge in [0.2, 0.25) is 0 Å². The molecule has 7 nitrogen and oxygen atoms in total. The molecule has 1 aromatic heterocycles. The zero-order valence-electron chi connectivity index (χ0n) is 17.4. The number of halogens is 3. The second-order valence-electron chi connectivity index (χ2n) is 6.52. The number of methoxy groups -OCH3 is 1. The van der Waals surface area contributed by atoms with E-state index in [1.54, 1.807) is 25.6 Å². The van der Waals surface area contributed by atoms with Crippen LogP contribution in [-0.2, 0) is 16.0 Å². The topological polar surface area (TPSA) is 74.6 Å². The fourth-order valence-electron chi connectivity index (χ4n) is 2.66. The van der Waals surface area contributed by atoms with Crippen LogP contribution in [0.2, 0.25) is 0 Å². The van der Waals surface area contributed by atoms with Crippen molar-refractivity contribution in [1.82, 2.24) is 9.78 Å². The lowest BCUT2D eigenvalue weighted by Crippen LogP contribution is -2.30. The molecule has 1 heterocycles. The highest BCUT2D eigenvalue weighted by atomic mass is 19.4. The number of nitrogens with zero attached hydrogens (tertiary/aromatic N) is 2. The standard InChI is InChI=1S/C20H26F3N3O4/c1-5-29-19(27)18-17(24-10-11-30-14(3)20(21,22)23)13(2)26(25-18)12-15-6-8-16(28-4)9-7-15/h6-9,14,24H,5,10-12H2,1-4H3. The Morgan fingerprint density at radius 3 is 2.50 bits per heavy atom. The van der Waals surface area contributed by atoms with Gasteiger partial charge in [0.15, 0.2) is 11.8 Å². The molecular formula is C20H26F3N3O4. The zero-order chi connectivity index (χ0) is 22.3. The first-order valence-electron chi connectivity index (χ1n) is 9.47. The number of anilines is 1. The summed E-state index contributed by atoms with van der Waals surface area (Å²) in [5.41, 5.74) is 2.07. The Morgan fingerprint density at radius 2 is 1.93 bits per heavy atom. The fourth-order valence-corrected chi connectivity index (χ4v) is 2.66. The van der Waals surface area contributed by atoms with Gasteiger partial charge in [0.05, 0.1) is 38.2 Å². The van der Waals surface area contributed by atoms with Crippen molar-refractivity contribution < 1.29 is 32.2 Å². The van der Waals surface area contributed by atoms with Gasteiger partial charge in [0.1, 0.15) is 5.75 Å². The summed E-state index contributed by atoms with van der Waals surface area (Å²) in [4.78, 5) is 12.3. The van der Waals surface area contributed by atoms with E-state index in [1.807, 2.05) is 24.3 Å². The number of hydrogen-bond donors (Lipinski definition) is 1. The molecule has 0 amide bonds. The second-order valence-corrected chi connectivity index (χ2v) is 6.52. The van der Waals surface area contributed by atoms with Crippen molar-refractivity contribution in [3.8, 4) is 5.75 Å². The van der Waals surface area contributed by atoms with Crippen LogP contribution in [0.4, 0.5) is 18.9 Å². The molecule has 2 rings (SSSR count). The SMILES string of the molecule is CCOC(=O)c1nn(Cc2ccc(OC)cc2)c(C)c1NCCOC(C)C(F)(F)F. The Balaban J connectivity index is 2.15. The second kappa shape index (κ2) is 10.3. The summed E-state index contributed by atoms with van der Waals surface area (Å²) in [7, 11) is 1.58. The van der Waals surface area contributed by atoms with Crippen LogP contribution in [0.3, 0.4) is 0 Å². The van der Waals surface area contributed by atoms with Crippen LogP contribution in [0, 0.1) is 6.92 Å². The molecule has 0 fully saturated rings. The van der Waals surface area contributed by atoms with E-state index in [-0.39, 0.29) is 25.5 Å². The third kappa shape index (κ3) is 6.12. The normalized spacial score (nSPS) is 12.5. The Labute approximate surface area is 173 Å². The van der Waals surface area contributed by atoms with E-state index in [0.29, 0.717) is 17.9 Å². The predicted molar refractivity (Wildman–Crippen MR) is 105 cm³/mol. The van der Waals surface area contributed by atoms with E-state index >= 15 is 0 Å². The summed E-state index contributed by atoms with van der Waals surface area (Å²) in [5, 5.41) is 7.30. The lowest BCUT2D eigenvalue weighted by atomic mass is 10.2. The zero-order valence-corrected chi connectivity index (χ0v) is 17.4. The van der Waals surface area contributed by atoms with Crippen LogP contribution in [-0.4, -0.2) is 54.9 Å². The minimum absolute atomic E-state index is 0.0713. The van der Waals surface area contributed by atoms with Crippen LogP contribution >= 0.6 is 0 Å². The Kier molecular flexibility index (Phi) is 8.10. The van der Waals surface area contributed by atoms with Crippen molar-refractivity contribution in [2.75, 3.05) is 32.2 Å². The van der Waals surface area contributed by atoms with Crippen molar-refractivity contribution in [1.29, 1.82) is 0 Å². The van der Waals surface area contributed by atoms with Crippen molar-refractivity contribution in [3.63, 3.8) is 0 Å². The molecule has 0 spiro atoms. The minimum atomic E-state index is -4.42. The molecule has 0 saturated carbocycles. The molecule has 0 aliphatic carbocycles. The van der Waals surface area contributed by atoms with Gasteiger partial charge >= 0.3 is 12.1 Å². The number of rotatable bonds is 10. The molecule has 2 aromatic rings.